The average Bonchev–Trinajstić information content (AvgIpc) is 3.10. The third-order valence-electron chi connectivity index (χ3n) is 6.61. The Morgan fingerprint density at radius 2 is 1.67 bits per heavy atom. The van der Waals surface area contributed by atoms with Gasteiger partial charge in [-0.3, -0.25) is 4.40 Å². The van der Waals surface area contributed by atoms with Gasteiger partial charge in [-0.2, -0.15) is 0 Å². The van der Waals surface area contributed by atoms with Crippen LogP contribution in [0.1, 0.15) is 71.8 Å². The summed E-state index contributed by atoms with van der Waals surface area (Å²) < 4.78 is 2.23. The van der Waals surface area contributed by atoms with E-state index in [0.29, 0.717) is 5.69 Å². The van der Waals surface area contributed by atoms with Gasteiger partial charge in [0.15, 0.2) is 0 Å². The Hall–Kier alpha value is -2.93. The Morgan fingerprint density at radius 1 is 1.00 bits per heavy atom. The van der Waals surface area contributed by atoms with Crippen LogP contribution in [0.4, 0.5) is 5.69 Å². The first kappa shape index (κ1) is 19.1. The predicted octanol–water partition coefficient (Wildman–Crippen LogP) is 6.84. The standard InChI is InChI=1S/C26H28N4/c1-24(2,3)23-29-21-15(10-9-11-18(21)27-8)22-28-19-12-16-17(13-20(19)30(22)23)26(6,7)14-25(16,4)5/h9-13H,14H2,1-7H3. The highest BCUT2D eigenvalue weighted by atomic mass is 15.1. The third kappa shape index (κ3) is 2.45. The second-order valence-corrected chi connectivity index (χ2v) is 11.1. The summed E-state index contributed by atoms with van der Waals surface area (Å²) in [7, 11) is 0. The fourth-order valence-electron chi connectivity index (χ4n) is 5.51. The normalized spacial score (nSPS) is 17.5. The van der Waals surface area contributed by atoms with E-state index in [1.54, 1.807) is 0 Å². The van der Waals surface area contributed by atoms with Gasteiger partial charge in [0, 0.05) is 10.8 Å². The van der Waals surface area contributed by atoms with Gasteiger partial charge in [0.05, 0.1) is 23.1 Å². The summed E-state index contributed by atoms with van der Waals surface area (Å²) >= 11 is 0. The molecule has 0 saturated heterocycles. The summed E-state index contributed by atoms with van der Waals surface area (Å²) in [5, 5.41) is 0.936. The molecule has 0 saturated carbocycles. The van der Waals surface area contributed by atoms with Crippen molar-refractivity contribution in [3.63, 3.8) is 0 Å². The molecule has 0 fully saturated rings. The fraction of sp³-hybridized carbons (Fsp3) is 0.423. The van der Waals surface area contributed by atoms with E-state index >= 15 is 0 Å². The number of para-hydroxylation sites is 1. The molecule has 0 aliphatic heterocycles. The minimum atomic E-state index is -0.191. The number of aromatic nitrogens is 3. The van der Waals surface area contributed by atoms with E-state index in [1.807, 2.05) is 18.2 Å². The molecule has 5 rings (SSSR count). The van der Waals surface area contributed by atoms with Gasteiger partial charge in [0.1, 0.15) is 11.5 Å². The molecule has 0 N–H and O–H groups in total. The zero-order valence-electron chi connectivity index (χ0n) is 18.9. The largest absolute Gasteiger partial charge is 0.279 e. The fourth-order valence-corrected chi connectivity index (χ4v) is 5.51. The summed E-state index contributed by atoms with van der Waals surface area (Å²) in [6.45, 7) is 23.5. The Morgan fingerprint density at radius 3 is 2.30 bits per heavy atom. The van der Waals surface area contributed by atoms with E-state index in [2.05, 4.69) is 69.8 Å². The summed E-state index contributed by atoms with van der Waals surface area (Å²) in [6.07, 6.45) is 1.13. The number of nitrogens with zero attached hydrogens (tertiary/aromatic N) is 4. The van der Waals surface area contributed by atoms with Crippen LogP contribution in [0.15, 0.2) is 30.3 Å². The zero-order valence-corrected chi connectivity index (χ0v) is 18.9. The van der Waals surface area contributed by atoms with E-state index in [4.69, 9.17) is 16.5 Å². The first-order chi connectivity index (χ1) is 13.9. The van der Waals surface area contributed by atoms with Crippen molar-refractivity contribution in [3.8, 4) is 0 Å². The average molecular weight is 397 g/mol. The lowest BCUT2D eigenvalue weighted by Gasteiger charge is -2.22. The maximum Gasteiger partial charge on any atom is 0.213 e. The summed E-state index contributed by atoms with van der Waals surface area (Å²) in [5.41, 5.74) is 7.22. The number of hydrogen-bond donors (Lipinski definition) is 0. The molecule has 1 aliphatic carbocycles. The molecule has 4 heteroatoms. The lowest BCUT2D eigenvalue weighted by molar-refractivity contribution is 0.403. The summed E-state index contributed by atoms with van der Waals surface area (Å²) in [4.78, 5) is 13.9. The van der Waals surface area contributed by atoms with Gasteiger partial charge >= 0.3 is 0 Å². The molecular weight excluding hydrogens is 368 g/mol. The lowest BCUT2D eigenvalue weighted by Crippen LogP contribution is -2.19. The zero-order chi connectivity index (χ0) is 21.6. The van der Waals surface area contributed by atoms with Crippen molar-refractivity contribution in [1.29, 1.82) is 0 Å². The maximum absolute atomic E-state index is 7.60. The highest BCUT2D eigenvalue weighted by Crippen LogP contribution is 2.50. The molecular formula is C26H28N4. The maximum atomic E-state index is 7.60. The quantitative estimate of drug-likeness (QED) is 0.305. The topological polar surface area (TPSA) is 34.5 Å². The van der Waals surface area contributed by atoms with Crippen molar-refractivity contribution in [1.82, 2.24) is 14.4 Å². The molecule has 152 valence electrons. The number of hydrogen-bond acceptors (Lipinski definition) is 2. The lowest BCUT2D eigenvalue weighted by atomic mass is 9.82. The summed E-state index contributed by atoms with van der Waals surface area (Å²) in [5.74, 6) is 0.943. The van der Waals surface area contributed by atoms with Crippen molar-refractivity contribution < 1.29 is 0 Å². The van der Waals surface area contributed by atoms with Crippen LogP contribution >= 0.6 is 0 Å². The monoisotopic (exact) mass is 396 g/mol. The Kier molecular flexibility index (Phi) is 3.56. The molecule has 0 atom stereocenters. The molecule has 2 heterocycles. The van der Waals surface area contributed by atoms with Gasteiger partial charge in [0.25, 0.3) is 0 Å². The molecule has 0 unspecified atom stereocenters. The van der Waals surface area contributed by atoms with Crippen LogP contribution in [0, 0.1) is 6.57 Å². The van der Waals surface area contributed by atoms with Crippen LogP contribution in [0.5, 0.6) is 0 Å². The van der Waals surface area contributed by atoms with E-state index < -0.39 is 0 Å². The van der Waals surface area contributed by atoms with Crippen molar-refractivity contribution in [2.24, 2.45) is 0 Å². The number of fused-ring (bicyclic) bond motifs is 6. The Labute approximate surface area is 177 Å². The highest BCUT2D eigenvalue weighted by Gasteiger charge is 2.42. The van der Waals surface area contributed by atoms with Crippen LogP contribution < -0.4 is 0 Å². The SMILES string of the molecule is [C-]#[N+]c1cccc2c1nc(C(C)(C)C)n1c3cc4c(cc3nc21)C(C)(C)CC4(C)C. The molecule has 2 aromatic heterocycles. The molecule has 2 aromatic carbocycles. The predicted molar refractivity (Wildman–Crippen MR) is 124 cm³/mol. The minimum Gasteiger partial charge on any atom is -0.279 e. The molecule has 0 radical (unpaired) electrons. The molecule has 30 heavy (non-hydrogen) atoms. The van der Waals surface area contributed by atoms with Gasteiger partial charge in [-0.1, -0.05) is 66.7 Å². The van der Waals surface area contributed by atoms with E-state index in [-0.39, 0.29) is 16.2 Å². The van der Waals surface area contributed by atoms with E-state index in [1.165, 1.54) is 11.1 Å². The van der Waals surface area contributed by atoms with E-state index in [0.717, 1.165) is 39.8 Å². The van der Waals surface area contributed by atoms with Gasteiger partial charge < -0.3 is 0 Å². The summed E-state index contributed by atoms with van der Waals surface area (Å²) in [6, 6.07) is 10.4. The van der Waals surface area contributed by atoms with Crippen molar-refractivity contribution in [3.05, 3.63) is 58.7 Å². The molecule has 4 nitrogen and oxygen atoms in total. The number of rotatable bonds is 0. The Balaban J connectivity index is 2.02. The second-order valence-electron chi connectivity index (χ2n) is 11.1. The van der Waals surface area contributed by atoms with Crippen molar-refractivity contribution >= 4 is 33.3 Å². The number of imidazole rings is 1. The van der Waals surface area contributed by atoms with Crippen LogP contribution in [0.25, 0.3) is 32.4 Å². The number of benzene rings is 2. The highest BCUT2D eigenvalue weighted by molar-refractivity contribution is 6.02. The van der Waals surface area contributed by atoms with Gasteiger partial charge in [-0.25, -0.2) is 14.8 Å². The molecule has 0 spiro atoms. The minimum absolute atomic E-state index is 0.126. The molecule has 0 amide bonds. The molecule has 0 bridgehead atoms. The van der Waals surface area contributed by atoms with Crippen LogP contribution in [-0.4, -0.2) is 14.4 Å². The van der Waals surface area contributed by atoms with Crippen LogP contribution in [-0.2, 0) is 16.2 Å². The molecule has 1 aliphatic rings. The first-order valence-corrected chi connectivity index (χ1v) is 10.6. The van der Waals surface area contributed by atoms with Gasteiger partial charge in [-0.05, 0) is 40.5 Å². The van der Waals surface area contributed by atoms with Crippen molar-refractivity contribution in [2.45, 2.75) is 71.1 Å². The van der Waals surface area contributed by atoms with E-state index in [9.17, 15) is 0 Å². The Bertz CT molecular complexity index is 1410. The van der Waals surface area contributed by atoms with Gasteiger partial charge in [-0.15, -0.1) is 0 Å². The first-order valence-electron chi connectivity index (χ1n) is 10.6. The molecule has 4 aromatic rings. The third-order valence-corrected chi connectivity index (χ3v) is 6.61. The van der Waals surface area contributed by atoms with Gasteiger partial charge in [0.2, 0.25) is 5.69 Å². The second kappa shape index (κ2) is 5.60. The smallest absolute Gasteiger partial charge is 0.213 e. The van der Waals surface area contributed by atoms with Crippen LogP contribution in [0.3, 0.4) is 0 Å². The van der Waals surface area contributed by atoms with Crippen molar-refractivity contribution in [2.75, 3.05) is 0 Å². The van der Waals surface area contributed by atoms with Crippen LogP contribution in [0.2, 0.25) is 0 Å².